The first kappa shape index (κ1) is 25.9. The number of carbonyl (C=O) groups is 1. The Kier molecular flexibility index (Phi) is 7.69. The predicted octanol–water partition coefficient (Wildman–Crippen LogP) is 4.81. The Morgan fingerprint density at radius 2 is 1.71 bits per heavy atom. The van der Waals surface area contributed by atoms with Crippen LogP contribution in [0.2, 0.25) is 0 Å². The zero-order valence-electron chi connectivity index (χ0n) is 22.4. The number of nitrogens with one attached hydrogen (secondary N) is 1. The molecule has 0 radical (unpaired) electrons. The maximum Gasteiger partial charge on any atom is 0.241 e. The molecule has 0 atom stereocenters. The van der Waals surface area contributed by atoms with Gasteiger partial charge in [0.2, 0.25) is 17.6 Å². The molecule has 198 valence electrons. The smallest absolute Gasteiger partial charge is 0.241 e. The normalized spacial score (nSPS) is 15.0. The van der Waals surface area contributed by atoms with Gasteiger partial charge in [0.05, 0.1) is 12.9 Å². The summed E-state index contributed by atoms with van der Waals surface area (Å²) in [7, 11) is 0. The average molecular weight is 513 g/mol. The summed E-state index contributed by atoms with van der Waals surface area (Å²) >= 11 is 0. The molecule has 38 heavy (non-hydrogen) atoms. The first-order chi connectivity index (χ1) is 18.3. The SMILES string of the molecule is CC(C)(C)c1ccc(-c2noc(CN3CCC(C(=O)NCc4ccc(Cn5ccnc5)cc4)CC3)n2)cc1. The van der Waals surface area contributed by atoms with Gasteiger partial charge in [-0.2, -0.15) is 4.98 Å². The summed E-state index contributed by atoms with van der Waals surface area (Å²) in [6.45, 7) is 10.2. The van der Waals surface area contributed by atoms with E-state index in [1.54, 1.807) is 6.20 Å². The summed E-state index contributed by atoms with van der Waals surface area (Å²) < 4.78 is 7.57. The maximum absolute atomic E-state index is 12.8. The second-order valence-electron chi connectivity index (χ2n) is 11.2. The van der Waals surface area contributed by atoms with Gasteiger partial charge >= 0.3 is 0 Å². The van der Waals surface area contributed by atoms with Crippen molar-refractivity contribution in [2.75, 3.05) is 13.1 Å². The number of likely N-dealkylation sites (tertiary alicyclic amines) is 1. The summed E-state index contributed by atoms with van der Waals surface area (Å²) in [5.41, 5.74) is 4.65. The molecule has 2 aromatic carbocycles. The van der Waals surface area contributed by atoms with E-state index in [4.69, 9.17) is 4.52 Å². The Labute approximate surface area is 224 Å². The van der Waals surface area contributed by atoms with Gasteiger partial charge < -0.3 is 14.4 Å². The minimum atomic E-state index is 0.0336. The van der Waals surface area contributed by atoms with Crippen LogP contribution in [0.3, 0.4) is 0 Å². The van der Waals surface area contributed by atoms with E-state index in [9.17, 15) is 4.79 Å². The monoisotopic (exact) mass is 512 g/mol. The standard InChI is InChI=1S/C30H36N6O2/c1-30(2,3)26-10-8-24(9-11-26)28-33-27(38-34-28)20-35-15-12-25(13-16-35)29(37)32-18-22-4-6-23(7-5-22)19-36-17-14-31-21-36/h4-11,14,17,21,25H,12-13,15-16,18-20H2,1-3H3,(H,32,37). The minimum Gasteiger partial charge on any atom is -0.352 e. The summed E-state index contributed by atoms with van der Waals surface area (Å²) in [6, 6.07) is 16.7. The third-order valence-corrected chi connectivity index (χ3v) is 7.21. The summed E-state index contributed by atoms with van der Waals surface area (Å²) in [4.78, 5) is 23.7. The van der Waals surface area contributed by atoms with Crippen LogP contribution in [0.4, 0.5) is 0 Å². The molecule has 4 aromatic rings. The van der Waals surface area contributed by atoms with E-state index in [0.717, 1.165) is 43.6 Å². The highest BCUT2D eigenvalue weighted by molar-refractivity contribution is 5.78. The number of rotatable bonds is 8. The molecule has 0 aliphatic carbocycles. The molecule has 0 unspecified atom stereocenters. The Balaban J connectivity index is 1.06. The number of imidazole rings is 1. The van der Waals surface area contributed by atoms with E-state index in [-0.39, 0.29) is 17.2 Å². The highest BCUT2D eigenvalue weighted by Gasteiger charge is 2.26. The number of nitrogens with zero attached hydrogens (tertiary/aromatic N) is 5. The van der Waals surface area contributed by atoms with Gasteiger partial charge in [-0.05, 0) is 48.0 Å². The van der Waals surface area contributed by atoms with Crippen molar-refractivity contribution in [2.45, 2.75) is 58.7 Å². The van der Waals surface area contributed by atoms with Crippen LogP contribution in [0.5, 0.6) is 0 Å². The van der Waals surface area contributed by atoms with Crippen LogP contribution in [0.15, 0.2) is 71.8 Å². The molecule has 1 N–H and O–H groups in total. The fourth-order valence-electron chi connectivity index (χ4n) is 4.79. The van der Waals surface area contributed by atoms with Crippen molar-refractivity contribution in [1.29, 1.82) is 0 Å². The molecule has 1 fully saturated rings. The van der Waals surface area contributed by atoms with Crippen LogP contribution in [-0.4, -0.2) is 43.6 Å². The molecular weight excluding hydrogens is 476 g/mol. The molecule has 1 saturated heterocycles. The van der Waals surface area contributed by atoms with Gasteiger partial charge in [0.25, 0.3) is 0 Å². The largest absolute Gasteiger partial charge is 0.352 e. The Bertz CT molecular complexity index is 1310. The Morgan fingerprint density at radius 1 is 1.00 bits per heavy atom. The lowest BCUT2D eigenvalue weighted by Gasteiger charge is -2.30. The molecule has 0 spiro atoms. The molecule has 2 aromatic heterocycles. The molecule has 1 amide bonds. The Hall–Kier alpha value is -3.78. The molecule has 1 aliphatic rings. The molecule has 5 rings (SSSR count). The molecule has 0 bridgehead atoms. The first-order valence-corrected chi connectivity index (χ1v) is 13.3. The molecule has 3 heterocycles. The van der Waals surface area contributed by atoms with Crippen molar-refractivity contribution in [2.24, 2.45) is 5.92 Å². The lowest BCUT2D eigenvalue weighted by atomic mass is 9.87. The lowest BCUT2D eigenvalue weighted by Crippen LogP contribution is -2.40. The van der Waals surface area contributed by atoms with Crippen molar-refractivity contribution in [3.63, 3.8) is 0 Å². The zero-order valence-corrected chi connectivity index (χ0v) is 22.4. The quantitative estimate of drug-likeness (QED) is 0.365. The molecule has 1 aliphatic heterocycles. The van der Waals surface area contributed by atoms with Crippen LogP contribution < -0.4 is 5.32 Å². The average Bonchev–Trinajstić information content (AvgIpc) is 3.61. The number of benzene rings is 2. The van der Waals surface area contributed by atoms with Crippen LogP contribution in [0.1, 0.15) is 56.2 Å². The summed E-state index contributed by atoms with van der Waals surface area (Å²) in [6.07, 6.45) is 7.19. The van der Waals surface area contributed by atoms with E-state index in [0.29, 0.717) is 24.8 Å². The van der Waals surface area contributed by atoms with E-state index in [2.05, 4.69) is 94.6 Å². The molecule has 8 heteroatoms. The van der Waals surface area contributed by atoms with Gasteiger partial charge in [0.1, 0.15) is 0 Å². The first-order valence-electron chi connectivity index (χ1n) is 13.3. The zero-order chi connectivity index (χ0) is 26.5. The number of aromatic nitrogens is 4. The topological polar surface area (TPSA) is 89.1 Å². The molecular formula is C30H36N6O2. The minimum absolute atomic E-state index is 0.0336. The highest BCUT2D eigenvalue weighted by atomic mass is 16.5. The third kappa shape index (κ3) is 6.55. The number of piperidine rings is 1. The fraction of sp³-hybridized carbons (Fsp3) is 0.400. The summed E-state index contributed by atoms with van der Waals surface area (Å²) in [5, 5.41) is 7.30. The van der Waals surface area contributed by atoms with E-state index < -0.39 is 0 Å². The lowest BCUT2D eigenvalue weighted by molar-refractivity contribution is -0.126. The fourth-order valence-corrected chi connectivity index (χ4v) is 4.79. The Morgan fingerprint density at radius 3 is 2.37 bits per heavy atom. The van der Waals surface area contributed by atoms with E-state index in [1.165, 1.54) is 11.1 Å². The van der Waals surface area contributed by atoms with Crippen molar-refractivity contribution < 1.29 is 9.32 Å². The predicted molar refractivity (Wildman–Crippen MR) is 146 cm³/mol. The van der Waals surface area contributed by atoms with Crippen molar-refractivity contribution >= 4 is 5.91 Å². The van der Waals surface area contributed by atoms with Crippen molar-refractivity contribution in [1.82, 2.24) is 29.9 Å². The number of hydrogen-bond donors (Lipinski definition) is 1. The second-order valence-corrected chi connectivity index (χ2v) is 11.2. The van der Waals surface area contributed by atoms with Crippen molar-refractivity contribution in [3.05, 3.63) is 89.8 Å². The summed E-state index contributed by atoms with van der Waals surface area (Å²) in [5.74, 6) is 1.39. The van der Waals surface area contributed by atoms with Gasteiger partial charge in [-0.25, -0.2) is 4.98 Å². The highest BCUT2D eigenvalue weighted by Crippen LogP contribution is 2.25. The van der Waals surface area contributed by atoms with E-state index >= 15 is 0 Å². The van der Waals surface area contributed by atoms with Crippen LogP contribution in [-0.2, 0) is 29.8 Å². The maximum atomic E-state index is 12.8. The van der Waals surface area contributed by atoms with E-state index in [1.807, 2.05) is 17.1 Å². The third-order valence-electron chi connectivity index (χ3n) is 7.21. The van der Waals surface area contributed by atoms with Crippen molar-refractivity contribution in [3.8, 4) is 11.4 Å². The number of carbonyl (C=O) groups excluding carboxylic acids is 1. The van der Waals surface area contributed by atoms with Crippen LogP contribution >= 0.6 is 0 Å². The van der Waals surface area contributed by atoms with Gasteiger partial charge in [-0.1, -0.05) is 74.5 Å². The van der Waals surface area contributed by atoms with Gasteiger partial charge in [0.15, 0.2) is 0 Å². The van der Waals surface area contributed by atoms with Gasteiger partial charge in [0, 0.05) is 37.0 Å². The van der Waals surface area contributed by atoms with Crippen LogP contribution in [0, 0.1) is 5.92 Å². The number of amides is 1. The van der Waals surface area contributed by atoms with Gasteiger partial charge in [-0.3, -0.25) is 9.69 Å². The molecule has 8 nitrogen and oxygen atoms in total. The molecule has 0 saturated carbocycles. The number of hydrogen-bond acceptors (Lipinski definition) is 6. The van der Waals surface area contributed by atoms with Gasteiger partial charge in [-0.15, -0.1) is 0 Å². The second kappa shape index (κ2) is 11.3. The van der Waals surface area contributed by atoms with Crippen LogP contribution in [0.25, 0.3) is 11.4 Å².